The summed E-state index contributed by atoms with van der Waals surface area (Å²) < 4.78 is 23.5. The second-order valence-electron chi connectivity index (χ2n) is 4.17. The SMILES string of the molecule is CCOC(=O)c1cc(F)cc(OC)c1NC1CC1. The van der Waals surface area contributed by atoms with Crippen LogP contribution >= 0.6 is 0 Å². The molecule has 2 rings (SSSR count). The molecule has 0 saturated heterocycles. The lowest BCUT2D eigenvalue weighted by molar-refractivity contribution is 0.0526. The Bertz CT molecular complexity index is 458. The number of hydrogen-bond donors (Lipinski definition) is 1. The number of methoxy groups -OCH3 is 1. The molecule has 0 bridgehead atoms. The van der Waals surface area contributed by atoms with Crippen LogP contribution in [0.1, 0.15) is 30.1 Å². The van der Waals surface area contributed by atoms with Gasteiger partial charge in [-0.1, -0.05) is 0 Å². The van der Waals surface area contributed by atoms with Crippen molar-refractivity contribution in [1.29, 1.82) is 0 Å². The Kier molecular flexibility index (Phi) is 3.69. The second kappa shape index (κ2) is 5.25. The molecule has 0 atom stereocenters. The zero-order valence-electron chi connectivity index (χ0n) is 10.5. The standard InChI is InChI=1S/C13H16FNO3/c1-3-18-13(16)10-6-8(14)7-11(17-2)12(10)15-9-4-5-9/h6-7,9,15H,3-5H2,1-2H3. The van der Waals surface area contributed by atoms with Crippen LogP contribution < -0.4 is 10.1 Å². The normalized spacial score (nSPS) is 14.2. The van der Waals surface area contributed by atoms with E-state index in [-0.39, 0.29) is 12.2 Å². The molecule has 5 heteroatoms. The van der Waals surface area contributed by atoms with Crippen LogP contribution in [0.25, 0.3) is 0 Å². The lowest BCUT2D eigenvalue weighted by atomic mass is 10.1. The number of benzene rings is 1. The zero-order chi connectivity index (χ0) is 13.1. The molecule has 1 aromatic rings. The van der Waals surface area contributed by atoms with Crippen molar-refractivity contribution >= 4 is 11.7 Å². The maximum atomic E-state index is 13.4. The fraction of sp³-hybridized carbons (Fsp3) is 0.462. The summed E-state index contributed by atoms with van der Waals surface area (Å²) in [6.45, 7) is 1.96. The highest BCUT2D eigenvalue weighted by Gasteiger charge is 2.26. The largest absolute Gasteiger partial charge is 0.494 e. The topological polar surface area (TPSA) is 47.6 Å². The summed E-state index contributed by atoms with van der Waals surface area (Å²) in [5.41, 5.74) is 0.695. The second-order valence-corrected chi connectivity index (χ2v) is 4.17. The van der Waals surface area contributed by atoms with E-state index in [1.807, 2.05) is 0 Å². The summed E-state index contributed by atoms with van der Waals surface area (Å²) >= 11 is 0. The number of ether oxygens (including phenoxy) is 2. The maximum absolute atomic E-state index is 13.4. The van der Waals surface area contributed by atoms with Gasteiger partial charge in [0.25, 0.3) is 0 Å². The van der Waals surface area contributed by atoms with Crippen LogP contribution in [0.2, 0.25) is 0 Å². The van der Waals surface area contributed by atoms with E-state index in [2.05, 4.69) is 5.32 Å². The zero-order valence-corrected chi connectivity index (χ0v) is 10.5. The summed E-state index contributed by atoms with van der Waals surface area (Å²) in [6, 6.07) is 2.76. The minimum absolute atomic E-state index is 0.181. The smallest absolute Gasteiger partial charge is 0.340 e. The minimum Gasteiger partial charge on any atom is -0.494 e. The van der Waals surface area contributed by atoms with Gasteiger partial charge in [0.2, 0.25) is 0 Å². The third-order valence-electron chi connectivity index (χ3n) is 2.71. The van der Waals surface area contributed by atoms with Gasteiger partial charge in [0.15, 0.2) is 0 Å². The molecule has 1 fully saturated rings. The van der Waals surface area contributed by atoms with E-state index in [0.29, 0.717) is 17.5 Å². The molecule has 0 heterocycles. The Hall–Kier alpha value is -1.78. The molecule has 1 aliphatic rings. The molecule has 0 spiro atoms. The first-order valence-corrected chi connectivity index (χ1v) is 5.97. The maximum Gasteiger partial charge on any atom is 0.340 e. The molecule has 4 nitrogen and oxygen atoms in total. The van der Waals surface area contributed by atoms with Gasteiger partial charge in [0, 0.05) is 12.1 Å². The monoisotopic (exact) mass is 253 g/mol. The summed E-state index contributed by atoms with van der Waals surface area (Å²) in [5.74, 6) is -0.736. The molecular weight excluding hydrogens is 237 g/mol. The average molecular weight is 253 g/mol. The molecule has 18 heavy (non-hydrogen) atoms. The van der Waals surface area contributed by atoms with Crippen molar-refractivity contribution in [2.45, 2.75) is 25.8 Å². The Balaban J connectivity index is 2.39. The summed E-state index contributed by atoms with van der Waals surface area (Å²) in [6.07, 6.45) is 2.09. The van der Waals surface area contributed by atoms with Crippen molar-refractivity contribution in [3.8, 4) is 5.75 Å². The highest BCUT2D eigenvalue weighted by Crippen LogP contribution is 2.35. The summed E-state index contributed by atoms with van der Waals surface area (Å²) in [5, 5.41) is 3.18. The molecule has 1 saturated carbocycles. The number of halogens is 1. The highest BCUT2D eigenvalue weighted by atomic mass is 19.1. The van der Waals surface area contributed by atoms with E-state index in [4.69, 9.17) is 9.47 Å². The van der Waals surface area contributed by atoms with Crippen LogP contribution in [-0.4, -0.2) is 25.7 Å². The summed E-state index contributed by atoms with van der Waals surface area (Å²) in [4.78, 5) is 11.8. The highest BCUT2D eigenvalue weighted by molar-refractivity contribution is 5.97. The molecule has 0 radical (unpaired) electrons. The minimum atomic E-state index is -0.543. The van der Waals surface area contributed by atoms with Gasteiger partial charge in [0.1, 0.15) is 11.6 Å². The van der Waals surface area contributed by atoms with Crippen LogP contribution in [-0.2, 0) is 4.74 Å². The molecule has 1 aromatic carbocycles. The Morgan fingerprint density at radius 1 is 1.50 bits per heavy atom. The first-order chi connectivity index (χ1) is 8.65. The van der Waals surface area contributed by atoms with E-state index in [1.165, 1.54) is 19.2 Å². The van der Waals surface area contributed by atoms with Crippen molar-refractivity contribution in [3.63, 3.8) is 0 Å². The molecule has 0 aliphatic heterocycles. The molecular formula is C13H16FNO3. The van der Waals surface area contributed by atoms with Crippen LogP contribution in [0.4, 0.5) is 10.1 Å². The van der Waals surface area contributed by atoms with Gasteiger partial charge < -0.3 is 14.8 Å². The van der Waals surface area contributed by atoms with Gasteiger partial charge in [-0.3, -0.25) is 0 Å². The van der Waals surface area contributed by atoms with Gasteiger partial charge in [-0.2, -0.15) is 0 Å². The fourth-order valence-electron chi connectivity index (χ4n) is 1.69. The lowest BCUT2D eigenvalue weighted by Gasteiger charge is -2.15. The molecule has 0 amide bonds. The Labute approximate surface area is 105 Å². The lowest BCUT2D eigenvalue weighted by Crippen LogP contribution is -2.12. The summed E-state index contributed by atoms with van der Waals surface area (Å²) in [7, 11) is 1.45. The molecule has 1 aliphatic carbocycles. The van der Waals surface area contributed by atoms with Gasteiger partial charge in [0.05, 0.1) is 25.0 Å². The van der Waals surface area contributed by atoms with Crippen LogP contribution in [0.3, 0.4) is 0 Å². The van der Waals surface area contributed by atoms with Gasteiger partial charge >= 0.3 is 5.97 Å². The van der Waals surface area contributed by atoms with Crippen LogP contribution in [0.5, 0.6) is 5.75 Å². The van der Waals surface area contributed by atoms with E-state index < -0.39 is 11.8 Å². The number of nitrogens with one attached hydrogen (secondary N) is 1. The van der Waals surface area contributed by atoms with E-state index >= 15 is 0 Å². The third-order valence-corrected chi connectivity index (χ3v) is 2.71. The van der Waals surface area contributed by atoms with Crippen LogP contribution in [0, 0.1) is 5.82 Å². The number of esters is 1. The first kappa shape index (κ1) is 12.7. The molecule has 0 unspecified atom stereocenters. The number of anilines is 1. The predicted molar refractivity (Wildman–Crippen MR) is 65.6 cm³/mol. The Morgan fingerprint density at radius 3 is 2.78 bits per heavy atom. The number of carbonyl (C=O) groups excluding carboxylic acids is 1. The van der Waals surface area contributed by atoms with Crippen molar-refractivity contribution in [2.24, 2.45) is 0 Å². The van der Waals surface area contributed by atoms with Crippen molar-refractivity contribution in [3.05, 3.63) is 23.5 Å². The number of carbonyl (C=O) groups is 1. The van der Waals surface area contributed by atoms with Crippen molar-refractivity contribution in [2.75, 3.05) is 19.0 Å². The average Bonchev–Trinajstić information content (AvgIpc) is 3.15. The van der Waals surface area contributed by atoms with Gasteiger partial charge in [-0.05, 0) is 25.8 Å². The number of hydrogen-bond acceptors (Lipinski definition) is 4. The van der Waals surface area contributed by atoms with E-state index in [0.717, 1.165) is 12.8 Å². The molecule has 0 aromatic heterocycles. The first-order valence-electron chi connectivity index (χ1n) is 5.97. The van der Waals surface area contributed by atoms with E-state index in [1.54, 1.807) is 6.92 Å². The molecule has 98 valence electrons. The Morgan fingerprint density at radius 2 is 2.22 bits per heavy atom. The van der Waals surface area contributed by atoms with Crippen molar-refractivity contribution in [1.82, 2.24) is 0 Å². The predicted octanol–water partition coefficient (Wildman–Crippen LogP) is 2.59. The van der Waals surface area contributed by atoms with E-state index in [9.17, 15) is 9.18 Å². The quantitative estimate of drug-likeness (QED) is 0.819. The van der Waals surface area contributed by atoms with Gasteiger partial charge in [-0.15, -0.1) is 0 Å². The van der Waals surface area contributed by atoms with Gasteiger partial charge in [-0.25, -0.2) is 9.18 Å². The molecule has 1 N–H and O–H groups in total. The number of rotatable bonds is 5. The fourth-order valence-corrected chi connectivity index (χ4v) is 1.69. The third kappa shape index (κ3) is 2.72. The van der Waals surface area contributed by atoms with Crippen LogP contribution in [0.15, 0.2) is 12.1 Å². The van der Waals surface area contributed by atoms with Crippen molar-refractivity contribution < 1.29 is 18.7 Å².